The second kappa shape index (κ2) is 17.4. The van der Waals surface area contributed by atoms with Crippen LogP contribution in [0.3, 0.4) is 0 Å². The van der Waals surface area contributed by atoms with Crippen molar-refractivity contribution in [3.05, 3.63) is 223 Å². The highest BCUT2D eigenvalue weighted by Crippen LogP contribution is 2.63. The molecule has 0 saturated heterocycles. The average molecular weight is 1030 g/mol. The molecule has 4 unspecified atom stereocenters. The van der Waals surface area contributed by atoms with Crippen molar-refractivity contribution in [2.24, 2.45) is 0 Å². The minimum atomic E-state index is -0.142. The summed E-state index contributed by atoms with van der Waals surface area (Å²) in [6.07, 6.45) is 9.61. The molecule has 4 aliphatic heterocycles. The Morgan fingerprint density at radius 1 is 0.354 bits per heavy atom. The van der Waals surface area contributed by atoms with Gasteiger partial charge in [-0.1, -0.05) is 194 Å². The van der Waals surface area contributed by atoms with Crippen molar-refractivity contribution >= 4 is 80.0 Å². The molecule has 79 heavy (non-hydrogen) atoms. The second-order valence-corrected chi connectivity index (χ2v) is 25.9. The third-order valence-corrected chi connectivity index (χ3v) is 20.9. The quantitative estimate of drug-likeness (QED) is 0.154. The Balaban J connectivity index is 1.05. The summed E-state index contributed by atoms with van der Waals surface area (Å²) < 4.78 is 0. The smallest absolute Gasteiger partial charge is 0.252 e. The first-order chi connectivity index (χ1) is 38.3. The molecule has 0 spiro atoms. The fraction of sp³-hybridized carbons (Fsp3) is 0.270. The number of rotatable bonds is 6. The number of benzene rings is 9. The van der Waals surface area contributed by atoms with Crippen molar-refractivity contribution in [3.8, 4) is 22.3 Å². The van der Waals surface area contributed by atoms with Gasteiger partial charge in [-0.15, -0.1) is 0 Å². The summed E-state index contributed by atoms with van der Waals surface area (Å²) in [6, 6.07) is 79.8. The summed E-state index contributed by atoms with van der Waals surface area (Å²) in [5.41, 5.74) is 25.5. The molecule has 0 bridgehead atoms. The lowest BCUT2D eigenvalue weighted by Gasteiger charge is -2.51. The fourth-order valence-electron chi connectivity index (χ4n) is 16.4. The third-order valence-electron chi connectivity index (χ3n) is 20.9. The normalized spacial score (nSPS) is 23.3. The first-order valence-electron chi connectivity index (χ1n) is 29.5. The topological polar surface area (TPSA) is 13.0 Å². The Morgan fingerprint density at radius 2 is 0.861 bits per heavy atom. The average Bonchev–Trinajstić information content (AvgIpc) is 4.11. The molecule has 4 atom stereocenters. The molecule has 9 aromatic rings. The molecule has 9 aromatic carbocycles. The van der Waals surface area contributed by atoms with Crippen molar-refractivity contribution < 1.29 is 0 Å². The number of anilines is 10. The van der Waals surface area contributed by atoms with Gasteiger partial charge in [0.25, 0.3) is 6.71 Å². The van der Waals surface area contributed by atoms with E-state index in [2.05, 4.69) is 274 Å². The van der Waals surface area contributed by atoms with E-state index in [-0.39, 0.29) is 34.0 Å². The van der Waals surface area contributed by atoms with Crippen LogP contribution >= 0.6 is 0 Å². The predicted octanol–water partition coefficient (Wildman–Crippen LogP) is 17.9. The van der Waals surface area contributed by atoms with E-state index in [1.807, 2.05) is 0 Å². The van der Waals surface area contributed by atoms with Crippen LogP contribution in [0.15, 0.2) is 206 Å². The predicted molar refractivity (Wildman–Crippen MR) is 336 cm³/mol. The van der Waals surface area contributed by atoms with Gasteiger partial charge in [0.05, 0.1) is 11.1 Å². The van der Waals surface area contributed by atoms with E-state index >= 15 is 0 Å². The third kappa shape index (κ3) is 6.87. The zero-order valence-electron chi connectivity index (χ0n) is 47.2. The number of nitrogens with zero attached hydrogens (tertiary/aromatic N) is 4. The molecule has 2 aliphatic carbocycles. The summed E-state index contributed by atoms with van der Waals surface area (Å²) in [5, 5.41) is 0. The Bertz CT molecular complexity index is 3900. The fourth-order valence-corrected chi connectivity index (χ4v) is 16.4. The van der Waals surface area contributed by atoms with Crippen LogP contribution in [0, 0.1) is 0 Å². The summed E-state index contributed by atoms with van der Waals surface area (Å²) in [5.74, 6) is 0. The first-order valence-corrected chi connectivity index (χ1v) is 29.5. The molecule has 6 aliphatic rings. The zero-order chi connectivity index (χ0) is 53.6. The lowest BCUT2D eigenvalue weighted by atomic mass is 9.33. The van der Waals surface area contributed by atoms with Crippen molar-refractivity contribution in [1.82, 2.24) is 0 Å². The Kier molecular flexibility index (Phi) is 10.6. The molecule has 2 saturated carbocycles. The maximum atomic E-state index is 2.80. The van der Waals surface area contributed by atoms with E-state index in [4.69, 9.17) is 0 Å². The Hall–Kier alpha value is -7.76. The van der Waals surface area contributed by atoms with Crippen LogP contribution in [0.2, 0.25) is 0 Å². The maximum absolute atomic E-state index is 2.80. The van der Waals surface area contributed by atoms with E-state index in [9.17, 15) is 0 Å². The number of para-hydroxylation sites is 2. The summed E-state index contributed by atoms with van der Waals surface area (Å²) in [4.78, 5) is 10.9. The van der Waals surface area contributed by atoms with Gasteiger partial charge < -0.3 is 19.6 Å². The molecular weight excluding hydrogens is 956 g/mol. The van der Waals surface area contributed by atoms with Gasteiger partial charge in [-0.2, -0.15) is 0 Å². The molecule has 0 N–H and O–H groups in total. The monoisotopic (exact) mass is 1030 g/mol. The first kappa shape index (κ1) is 48.4. The minimum absolute atomic E-state index is 0.00942. The van der Waals surface area contributed by atoms with Gasteiger partial charge in [-0.25, -0.2) is 0 Å². The lowest BCUT2D eigenvalue weighted by Crippen LogP contribution is -2.62. The van der Waals surface area contributed by atoms with Gasteiger partial charge in [0, 0.05) is 67.7 Å². The molecule has 4 heterocycles. The second-order valence-electron chi connectivity index (χ2n) is 25.9. The molecule has 4 nitrogen and oxygen atoms in total. The van der Waals surface area contributed by atoms with Gasteiger partial charge in [0.1, 0.15) is 0 Å². The van der Waals surface area contributed by atoms with Crippen molar-refractivity contribution in [2.45, 2.75) is 127 Å². The van der Waals surface area contributed by atoms with Crippen LogP contribution in [0.4, 0.5) is 56.9 Å². The molecular formula is C74H71BN4. The maximum Gasteiger partial charge on any atom is 0.252 e. The van der Waals surface area contributed by atoms with E-state index in [0.29, 0.717) is 0 Å². The highest BCUT2D eigenvalue weighted by Gasteiger charge is 2.59. The number of fused-ring (bicyclic) bond motifs is 10. The van der Waals surface area contributed by atoms with E-state index in [0.717, 1.165) is 18.5 Å². The molecule has 5 heteroatoms. The largest absolute Gasteiger partial charge is 0.334 e. The van der Waals surface area contributed by atoms with Crippen molar-refractivity contribution in [1.29, 1.82) is 0 Å². The van der Waals surface area contributed by atoms with Crippen LogP contribution in [-0.4, -0.2) is 17.8 Å². The summed E-state index contributed by atoms with van der Waals surface area (Å²) in [7, 11) is 0. The molecule has 0 radical (unpaired) electrons. The molecule has 0 aromatic heterocycles. The van der Waals surface area contributed by atoms with Crippen LogP contribution < -0.4 is 36.0 Å². The van der Waals surface area contributed by atoms with Gasteiger partial charge in [-0.05, 0) is 173 Å². The van der Waals surface area contributed by atoms with Crippen molar-refractivity contribution in [3.63, 3.8) is 0 Å². The molecule has 2 fully saturated rings. The van der Waals surface area contributed by atoms with Crippen LogP contribution in [-0.2, 0) is 16.2 Å². The summed E-state index contributed by atoms with van der Waals surface area (Å²) in [6.45, 7) is 17.2. The van der Waals surface area contributed by atoms with E-state index in [1.54, 1.807) is 0 Å². The SMILES string of the molecule is CC(C)(C)c1ccc(N2c3ccc(N4c5ccccc5C5(C)CCCCC45C)cc3B3c4ccc(-c5ccccc5)cc4N(c4cccc(-c5ccccc5)c4)c4cc(N5c6ccccc6C6(C)CCCCC56C)cc2c43)cc1. The van der Waals surface area contributed by atoms with E-state index < -0.39 is 0 Å². The van der Waals surface area contributed by atoms with Gasteiger partial charge in [0.2, 0.25) is 0 Å². The Labute approximate surface area is 469 Å². The zero-order valence-corrected chi connectivity index (χ0v) is 47.2. The van der Waals surface area contributed by atoms with Crippen molar-refractivity contribution in [2.75, 3.05) is 19.6 Å². The van der Waals surface area contributed by atoms with Gasteiger partial charge in [0.15, 0.2) is 0 Å². The number of hydrogen-bond acceptors (Lipinski definition) is 4. The lowest BCUT2D eigenvalue weighted by molar-refractivity contribution is 0.195. The molecule has 390 valence electrons. The number of hydrogen-bond donors (Lipinski definition) is 0. The van der Waals surface area contributed by atoms with Crippen LogP contribution in [0.5, 0.6) is 0 Å². The van der Waals surface area contributed by atoms with E-state index in [1.165, 1.54) is 145 Å². The Morgan fingerprint density at radius 3 is 1.46 bits per heavy atom. The minimum Gasteiger partial charge on any atom is -0.334 e. The molecule has 15 rings (SSSR count). The van der Waals surface area contributed by atoms with Gasteiger partial charge >= 0.3 is 0 Å². The van der Waals surface area contributed by atoms with Crippen LogP contribution in [0.25, 0.3) is 22.3 Å². The highest BCUT2D eigenvalue weighted by atomic mass is 15.3. The summed E-state index contributed by atoms with van der Waals surface area (Å²) >= 11 is 0. The van der Waals surface area contributed by atoms with Gasteiger partial charge in [-0.3, -0.25) is 0 Å². The molecule has 0 amide bonds. The standard InChI is InChI=1S/C74H71BN4/c1-70(2,3)54-34-36-55(37-35-54)76-65-40-38-57(78-63-31-16-14-29-59(63)71(4)41-18-20-43-73(71,78)6)47-62(65)75-61-39-33-53(51-25-12-9-13-26-51)46-66(61)77(56-28-22-27-52(45-56)50-23-10-8-11-24-50)68-49-58(48-67(76)69(68)75)79-64-32-17-15-30-60(64)72(5)42-19-21-44-74(72,79)7/h8-17,22-40,45-49H,18-21,41-44H2,1-7H3. The highest BCUT2D eigenvalue weighted by molar-refractivity contribution is 7.00. The van der Waals surface area contributed by atoms with Crippen LogP contribution in [0.1, 0.15) is 117 Å².